The highest BCUT2D eigenvalue weighted by atomic mass is 14.9. The molecule has 0 radical (unpaired) electrons. The van der Waals surface area contributed by atoms with E-state index in [1.54, 1.807) is 0 Å². The Labute approximate surface area is 142 Å². The van der Waals surface area contributed by atoms with Crippen molar-refractivity contribution in [2.75, 3.05) is 13.1 Å². The zero-order chi connectivity index (χ0) is 16.2. The van der Waals surface area contributed by atoms with E-state index in [1.807, 2.05) is 0 Å². The second-order valence-corrected chi connectivity index (χ2v) is 6.58. The monoisotopic (exact) mass is 320 g/mol. The minimum absolute atomic E-state index is 0.827. The van der Waals surface area contributed by atoms with Crippen molar-refractivity contribution < 1.29 is 0 Å². The van der Waals surface area contributed by atoms with Crippen LogP contribution in [0.25, 0.3) is 21.8 Å². The Hall–Kier alpha value is -2.04. The first-order chi connectivity index (χ1) is 11.9. The first-order valence-corrected chi connectivity index (χ1v) is 9.00. The Balaban J connectivity index is 1.76. The Morgan fingerprint density at radius 1 is 0.583 bits per heavy atom. The predicted molar refractivity (Wildman–Crippen MR) is 98.9 cm³/mol. The Kier molecular flexibility index (Phi) is 4.67. The number of pyridine rings is 2. The molecule has 4 rings (SSSR count). The molecule has 0 saturated heterocycles. The molecule has 2 N–H and O–H groups in total. The lowest BCUT2D eigenvalue weighted by Crippen LogP contribution is -2.17. The number of hydrogen-bond donors (Lipinski definition) is 2. The highest BCUT2D eigenvalue weighted by molar-refractivity contribution is 6.02. The first kappa shape index (κ1) is 15.5. The van der Waals surface area contributed by atoms with E-state index >= 15 is 0 Å². The molecule has 0 fully saturated rings. The van der Waals surface area contributed by atoms with Crippen molar-refractivity contribution in [2.45, 2.75) is 38.8 Å². The molecule has 0 saturated carbocycles. The molecule has 4 heteroatoms. The van der Waals surface area contributed by atoms with Crippen LogP contribution in [0.15, 0.2) is 36.4 Å². The van der Waals surface area contributed by atoms with Gasteiger partial charge in [-0.05, 0) is 38.1 Å². The lowest BCUT2D eigenvalue weighted by Gasteiger charge is -2.10. The molecule has 4 nitrogen and oxygen atoms in total. The maximum absolute atomic E-state index is 4.89. The van der Waals surface area contributed by atoms with E-state index in [-0.39, 0.29) is 0 Å². The molecule has 0 unspecified atom stereocenters. The van der Waals surface area contributed by atoms with Gasteiger partial charge in [0, 0.05) is 23.9 Å². The molecule has 0 amide bonds. The normalized spacial score (nSPS) is 17.2. The molecule has 0 atom stereocenters. The third-order valence-corrected chi connectivity index (χ3v) is 4.70. The number of benzene rings is 1. The van der Waals surface area contributed by atoms with Crippen molar-refractivity contribution in [3.8, 4) is 0 Å². The topological polar surface area (TPSA) is 49.8 Å². The van der Waals surface area contributed by atoms with Crippen LogP contribution in [0.2, 0.25) is 0 Å². The van der Waals surface area contributed by atoms with E-state index < -0.39 is 0 Å². The van der Waals surface area contributed by atoms with Crippen LogP contribution in [0.3, 0.4) is 0 Å². The maximum atomic E-state index is 4.89. The summed E-state index contributed by atoms with van der Waals surface area (Å²) in [7, 11) is 0. The number of nitrogens with one attached hydrogen (secondary N) is 2. The van der Waals surface area contributed by atoms with Crippen molar-refractivity contribution in [1.29, 1.82) is 0 Å². The van der Waals surface area contributed by atoms with Gasteiger partial charge in [-0.25, -0.2) is 9.97 Å². The van der Waals surface area contributed by atoms with Gasteiger partial charge in [0.15, 0.2) is 0 Å². The van der Waals surface area contributed by atoms with Gasteiger partial charge in [-0.3, -0.25) is 0 Å². The predicted octanol–water partition coefficient (Wildman–Crippen LogP) is 3.54. The van der Waals surface area contributed by atoms with Crippen LogP contribution in [0.4, 0.5) is 0 Å². The third-order valence-electron chi connectivity index (χ3n) is 4.70. The summed E-state index contributed by atoms with van der Waals surface area (Å²) in [6.45, 7) is 3.78. The zero-order valence-electron chi connectivity index (χ0n) is 14.0. The quantitative estimate of drug-likeness (QED) is 0.622. The lowest BCUT2D eigenvalue weighted by molar-refractivity contribution is 0.559. The molecule has 1 aromatic carbocycles. The lowest BCUT2D eigenvalue weighted by atomic mass is 10.1. The maximum Gasteiger partial charge on any atom is 0.0968 e. The number of aromatic nitrogens is 2. The van der Waals surface area contributed by atoms with Gasteiger partial charge in [0.25, 0.3) is 0 Å². The first-order valence-electron chi connectivity index (χ1n) is 9.00. The van der Waals surface area contributed by atoms with Gasteiger partial charge in [0.2, 0.25) is 0 Å². The highest BCUT2D eigenvalue weighted by Gasteiger charge is 2.07. The van der Waals surface area contributed by atoms with Crippen molar-refractivity contribution >= 4 is 21.8 Å². The molecule has 124 valence electrons. The molecular formula is C20H24N4. The summed E-state index contributed by atoms with van der Waals surface area (Å²) in [5.41, 5.74) is 4.21. The molecule has 1 aliphatic heterocycles. The van der Waals surface area contributed by atoms with Crippen LogP contribution in [-0.2, 0) is 13.1 Å². The van der Waals surface area contributed by atoms with Crippen LogP contribution >= 0.6 is 0 Å². The largest absolute Gasteiger partial charge is 0.311 e. The number of fused-ring (bicyclic) bond motifs is 2. The summed E-state index contributed by atoms with van der Waals surface area (Å²) in [5.74, 6) is 0. The van der Waals surface area contributed by atoms with Crippen molar-refractivity contribution in [3.05, 3.63) is 47.8 Å². The second kappa shape index (κ2) is 7.24. The fraction of sp³-hybridized carbons (Fsp3) is 0.400. The summed E-state index contributed by atoms with van der Waals surface area (Å²) >= 11 is 0. The summed E-state index contributed by atoms with van der Waals surface area (Å²) in [4.78, 5) is 9.78. The Morgan fingerprint density at radius 3 is 1.54 bits per heavy atom. The average molecular weight is 320 g/mol. The standard InChI is InChI=1S/C20H24N4/c1-2-4-12-22-14-18-10-8-16-6-5-15-7-9-17(13-21-11-3-1)23-19(15)20(16)24-18/h5-10,21-22H,1-4,11-14H2. The molecule has 0 spiro atoms. The Morgan fingerprint density at radius 2 is 1.04 bits per heavy atom. The van der Waals surface area contributed by atoms with Crippen LogP contribution in [-0.4, -0.2) is 23.1 Å². The minimum Gasteiger partial charge on any atom is -0.311 e. The average Bonchev–Trinajstić information content (AvgIpc) is 2.62. The van der Waals surface area contributed by atoms with Gasteiger partial charge in [0.1, 0.15) is 0 Å². The molecule has 4 bridgehead atoms. The van der Waals surface area contributed by atoms with Crippen LogP contribution in [0, 0.1) is 0 Å². The van der Waals surface area contributed by atoms with Gasteiger partial charge < -0.3 is 10.6 Å². The van der Waals surface area contributed by atoms with E-state index in [2.05, 4.69) is 47.0 Å². The molecule has 0 aliphatic carbocycles. The number of nitrogens with zero attached hydrogens (tertiary/aromatic N) is 2. The van der Waals surface area contributed by atoms with Gasteiger partial charge in [-0.2, -0.15) is 0 Å². The molecule has 24 heavy (non-hydrogen) atoms. The molecule has 2 aromatic heterocycles. The molecule has 1 aliphatic rings. The van der Waals surface area contributed by atoms with Crippen molar-refractivity contribution in [1.82, 2.24) is 20.6 Å². The van der Waals surface area contributed by atoms with Gasteiger partial charge in [0.05, 0.1) is 22.4 Å². The van der Waals surface area contributed by atoms with Crippen LogP contribution in [0.1, 0.15) is 37.1 Å². The number of hydrogen-bond acceptors (Lipinski definition) is 4. The van der Waals surface area contributed by atoms with E-state index in [0.717, 1.165) is 59.4 Å². The van der Waals surface area contributed by atoms with Crippen LogP contribution in [0.5, 0.6) is 0 Å². The van der Waals surface area contributed by atoms with E-state index in [0.29, 0.717) is 0 Å². The minimum atomic E-state index is 0.827. The van der Waals surface area contributed by atoms with Gasteiger partial charge in [-0.15, -0.1) is 0 Å². The smallest absolute Gasteiger partial charge is 0.0968 e. The van der Waals surface area contributed by atoms with Gasteiger partial charge in [-0.1, -0.05) is 37.1 Å². The summed E-state index contributed by atoms with van der Waals surface area (Å²) in [5, 5.41) is 9.35. The van der Waals surface area contributed by atoms with Crippen molar-refractivity contribution in [3.63, 3.8) is 0 Å². The number of rotatable bonds is 0. The fourth-order valence-electron chi connectivity index (χ4n) is 3.33. The third kappa shape index (κ3) is 3.40. The van der Waals surface area contributed by atoms with Crippen molar-refractivity contribution in [2.24, 2.45) is 0 Å². The highest BCUT2D eigenvalue weighted by Crippen LogP contribution is 2.23. The fourth-order valence-corrected chi connectivity index (χ4v) is 3.33. The summed E-state index contributed by atoms with van der Waals surface area (Å²) < 4.78 is 0. The Bertz CT molecular complexity index is 773. The van der Waals surface area contributed by atoms with E-state index in [1.165, 1.54) is 25.7 Å². The van der Waals surface area contributed by atoms with Gasteiger partial charge >= 0.3 is 0 Å². The van der Waals surface area contributed by atoms with E-state index in [9.17, 15) is 0 Å². The SMILES string of the molecule is c1cc2ccc3ccc4nc3c2nc1CNCCCCCCNC4. The summed E-state index contributed by atoms with van der Waals surface area (Å²) in [6, 6.07) is 12.8. The van der Waals surface area contributed by atoms with E-state index in [4.69, 9.17) is 9.97 Å². The molecule has 3 heterocycles. The molecule has 3 aromatic rings. The zero-order valence-corrected chi connectivity index (χ0v) is 14.0. The van der Waals surface area contributed by atoms with Crippen LogP contribution < -0.4 is 10.6 Å². The summed E-state index contributed by atoms with van der Waals surface area (Å²) in [6.07, 6.45) is 5.04. The second-order valence-electron chi connectivity index (χ2n) is 6.58. The molecular weight excluding hydrogens is 296 g/mol.